The Labute approximate surface area is 194 Å². The molecule has 2 aromatic carbocycles. The minimum Gasteiger partial charge on any atom is -0.485 e. The standard InChI is InChI=1S/C21H19Cl2FN2O3S2/c1-21(8-9-25-13-21)29-19-11-17(6-7-18(19)22)26(23)31(27,28)20-10-15(12-30-20)14-2-4-16(24)5-3-14/h2-7,10-12,25H,8-9,13H2,1H3/t21-/m1/s1. The summed E-state index contributed by atoms with van der Waals surface area (Å²) in [7, 11) is -4.03. The number of nitrogens with zero attached hydrogens (tertiary/aromatic N) is 1. The van der Waals surface area contributed by atoms with E-state index < -0.39 is 15.6 Å². The van der Waals surface area contributed by atoms with Gasteiger partial charge in [-0.1, -0.05) is 23.7 Å². The number of halogens is 3. The van der Waals surface area contributed by atoms with Gasteiger partial charge in [0, 0.05) is 30.8 Å². The molecule has 0 unspecified atom stereocenters. The summed E-state index contributed by atoms with van der Waals surface area (Å²) in [6.45, 7) is 3.46. The number of anilines is 1. The Kier molecular flexibility index (Phi) is 6.20. The van der Waals surface area contributed by atoms with E-state index in [9.17, 15) is 12.8 Å². The molecule has 1 aliphatic rings. The highest BCUT2D eigenvalue weighted by Crippen LogP contribution is 2.38. The molecule has 1 fully saturated rings. The molecule has 31 heavy (non-hydrogen) atoms. The number of hydrogen-bond donors (Lipinski definition) is 1. The third kappa shape index (κ3) is 4.68. The molecule has 0 spiro atoms. The molecule has 1 atom stereocenters. The van der Waals surface area contributed by atoms with Gasteiger partial charge < -0.3 is 10.1 Å². The van der Waals surface area contributed by atoms with Crippen molar-refractivity contribution in [3.05, 3.63) is 64.8 Å². The molecule has 0 aliphatic carbocycles. The van der Waals surface area contributed by atoms with Crippen LogP contribution in [0.1, 0.15) is 13.3 Å². The summed E-state index contributed by atoms with van der Waals surface area (Å²) in [6, 6.07) is 11.9. The summed E-state index contributed by atoms with van der Waals surface area (Å²) in [5, 5.41) is 5.29. The highest BCUT2D eigenvalue weighted by atomic mass is 35.5. The van der Waals surface area contributed by atoms with Crippen molar-refractivity contribution in [2.45, 2.75) is 23.2 Å². The van der Waals surface area contributed by atoms with Gasteiger partial charge in [-0.3, -0.25) is 0 Å². The Morgan fingerprint density at radius 2 is 1.90 bits per heavy atom. The first-order valence-corrected chi connectivity index (χ1v) is 12.5. The molecule has 1 aliphatic heterocycles. The summed E-state index contributed by atoms with van der Waals surface area (Å²) in [5.41, 5.74) is 1.15. The van der Waals surface area contributed by atoms with Crippen LogP contribution in [0.3, 0.4) is 0 Å². The second-order valence-electron chi connectivity index (χ2n) is 7.47. The zero-order valence-corrected chi connectivity index (χ0v) is 19.6. The maximum absolute atomic E-state index is 13.2. The van der Waals surface area contributed by atoms with Crippen LogP contribution in [0.4, 0.5) is 10.1 Å². The van der Waals surface area contributed by atoms with Gasteiger partial charge in [0.05, 0.1) is 10.7 Å². The molecule has 2 heterocycles. The molecular formula is C21H19Cl2FN2O3S2. The number of rotatable bonds is 6. The molecular weight excluding hydrogens is 482 g/mol. The second kappa shape index (κ2) is 8.60. The molecule has 4 rings (SSSR count). The first kappa shape index (κ1) is 22.4. The highest BCUT2D eigenvalue weighted by Gasteiger charge is 2.32. The molecule has 0 saturated carbocycles. The molecule has 0 amide bonds. The van der Waals surface area contributed by atoms with Gasteiger partial charge in [-0.2, -0.15) is 12.2 Å². The molecule has 1 N–H and O–H groups in total. The summed E-state index contributed by atoms with van der Waals surface area (Å²) in [4.78, 5) is 0. The molecule has 3 aromatic rings. The van der Waals surface area contributed by atoms with E-state index in [2.05, 4.69) is 5.32 Å². The Balaban J connectivity index is 1.60. The van der Waals surface area contributed by atoms with Crippen LogP contribution in [0.25, 0.3) is 11.1 Å². The van der Waals surface area contributed by atoms with Crippen molar-refractivity contribution in [1.29, 1.82) is 0 Å². The van der Waals surface area contributed by atoms with Crippen LogP contribution in [0.5, 0.6) is 5.75 Å². The van der Waals surface area contributed by atoms with Gasteiger partial charge >= 0.3 is 0 Å². The van der Waals surface area contributed by atoms with Crippen LogP contribution in [0, 0.1) is 5.82 Å². The van der Waals surface area contributed by atoms with E-state index in [4.69, 9.17) is 28.1 Å². The van der Waals surface area contributed by atoms with E-state index >= 15 is 0 Å². The fraction of sp³-hybridized carbons (Fsp3) is 0.238. The number of hydrogen-bond acceptors (Lipinski definition) is 5. The molecule has 164 valence electrons. The van der Waals surface area contributed by atoms with Crippen LogP contribution in [-0.4, -0.2) is 27.1 Å². The van der Waals surface area contributed by atoms with E-state index in [1.54, 1.807) is 23.6 Å². The molecule has 1 aromatic heterocycles. The minimum absolute atomic E-state index is 0.0613. The Morgan fingerprint density at radius 1 is 1.16 bits per heavy atom. The van der Waals surface area contributed by atoms with Crippen molar-refractivity contribution in [1.82, 2.24) is 5.32 Å². The minimum atomic E-state index is -4.03. The van der Waals surface area contributed by atoms with Gasteiger partial charge in [-0.25, -0.2) is 4.39 Å². The zero-order chi connectivity index (χ0) is 22.2. The first-order chi connectivity index (χ1) is 14.7. The van der Waals surface area contributed by atoms with Crippen molar-refractivity contribution < 1.29 is 17.5 Å². The zero-order valence-electron chi connectivity index (χ0n) is 16.4. The van der Waals surface area contributed by atoms with Crippen molar-refractivity contribution in [2.75, 3.05) is 16.9 Å². The normalized spacial score (nSPS) is 18.8. The monoisotopic (exact) mass is 500 g/mol. The number of nitrogens with one attached hydrogen (secondary N) is 1. The summed E-state index contributed by atoms with van der Waals surface area (Å²) >= 11 is 13.6. The predicted octanol–water partition coefficient (Wildman–Crippen LogP) is 5.69. The van der Waals surface area contributed by atoms with Crippen LogP contribution in [0.2, 0.25) is 5.02 Å². The maximum atomic E-state index is 13.2. The van der Waals surface area contributed by atoms with E-state index in [0.29, 0.717) is 32.3 Å². The van der Waals surface area contributed by atoms with Crippen molar-refractivity contribution in [3.8, 4) is 16.9 Å². The lowest BCUT2D eigenvalue weighted by Gasteiger charge is -2.26. The molecule has 0 bridgehead atoms. The smallest absolute Gasteiger partial charge is 0.287 e. The Hall–Kier alpha value is -1.84. The average molecular weight is 501 g/mol. The topological polar surface area (TPSA) is 58.6 Å². The second-order valence-corrected chi connectivity index (χ2v) is 11.3. The van der Waals surface area contributed by atoms with Crippen LogP contribution in [0.15, 0.2) is 58.1 Å². The molecule has 1 saturated heterocycles. The summed E-state index contributed by atoms with van der Waals surface area (Å²) < 4.78 is 46.2. The van der Waals surface area contributed by atoms with E-state index in [1.165, 1.54) is 30.3 Å². The molecule has 0 radical (unpaired) electrons. The number of thiophene rings is 1. The first-order valence-electron chi connectivity index (χ1n) is 9.43. The fourth-order valence-corrected chi connectivity index (χ4v) is 6.22. The van der Waals surface area contributed by atoms with E-state index in [0.717, 1.165) is 24.3 Å². The number of ether oxygens (including phenoxy) is 1. The van der Waals surface area contributed by atoms with Crippen LogP contribution >= 0.6 is 34.7 Å². The lowest BCUT2D eigenvalue weighted by atomic mass is 10.1. The lowest BCUT2D eigenvalue weighted by molar-refractivity contribution is 0.111. The fourth-order valence-electron chi connectivity index (χ4n) is 3.29. The van der Waals surface area contributed by atoms with Gasteiger partial charge in [-0.15, -0.1) is 11.3 Å². The third-order valence-electron chi connectivity index (χ3n) is 5.02. The number of sulfonamides is 1. The predicted molar refractivity (Wildman–Crippen MR) is 123 cm³/mol. The van der Waals surface area contributed by atoms with Gasteiger partial charge in [0.15, 0.2) is 0 Å². The van der Waals surface area contributed by atoms with Gasteiger partial charge in [-0.05, 0) is 60.3 Å². The maximum Gasteiger partial charge on any atom is 0.287 e. The lowest BCUT2D eigenvalue weighted by Crippen LogP contribution is -2.34. The Morgan fingerprint density at radius 3 is 2.58 bits per heavy atom. The van der Waals surface area contributed by atoms with E-state index in [1.807, 2.05) is 6.92 Å². The molecule has 5 nitrogen and oxygen atoms in total. The largest absolute Gasteiger partial charge is 0.485 e. The van der Waals surface area contributed by atoms with Crippen molar-refractivity contribution in [3.63, 3.8) is 0 Å². The van der Waals surface area contributed by atoms with Gasteiger partial charge in [0.25, 0.3) is 10.0 Å². The van der Waals surface area contributed by atoms with Crippen LogP contribution in [-0.2, 0) is 10.0 Å². The Bertz CT molecular complexity index is 1190. The summed E-state index contributed by atoms with van der Waals surface area (Å²) in [6.07, 6.45) is 0.803. The molecule has 10 heteroatoms. The quantitative estimate of drug-likeness (QED) is 0.441. The van der Waals surface area contributed by atoms with Crippen molar-refractivity contribution >= 4 is 50.4 Å². The SMILES string of the molecule is C[C@@]1(Oc2cc(N(Cl)S(=O)(=O)c3cc(-c4ccc(F)cc4)cs3)ccc2Cl)CCNC1. The van der Waals surface area contributed by atoms with Gasteiger partial charge in [0.1, 0.15) is 21.4 Å². The van der Waals surface area contributed by atoms with E-state index in [-0.39, 0.29) is 15.7 Å². The van der Waals surface area contributed by atoms with Gasteiger partial charge in [0.2, 0.25) is 0 Å². The van der Waals surface area contributed by atoms with Crippen LogP contribution < -0.4 is 13.9 Å². The van der Waals surface area contributed by atoms with Crippen molar-refractivity contribution in [2.24, 2.45) is 0 Å². The summed E-state index contributed by atoms with van der Waals surface area (Å²) in [5.74, 6) is 0.00570. The third-order valence-corrected chi connectivity index (χ3v) is 8.98. The highest BCUT2D eigenvalue weighted by molar-refractivity contribution is 7.96. The number of benzene rings is 2. The average Bonchev–Trinajstić information content (AvgIpc) is 3.40.